The van der Waals surface area contributed by atoms with E-state index in [4.69, 9.17) is 23.0 Å². The predicted molar refractivity (Wildman–Crippen MR) is 114 cm³/mol. The van der Waals surface area contributed by atoms with Crippen molar-refractivity contribution in [2.75, 3.05) is 26.9 Å². The van der Waals surface area contributed by atoms with E-state index in [1.54, 1.807) is 0 Å². The number of aliphatic hydroxyl groups is 1. The standard InChI is InChI=1S/C18H31N2O9PSi/c1-25-15-14(21)13-11-28-30(24,27-8-9-31(2,3)4)26-7-5-6-12-10-20(17(15)29-13)18(23)19-16(12)22/h10,13-15,17,21H,5-9,11H2,1-4H3,(H,19,22,23)/t13-,14-,15-,17-,30?/m1/s1. The fraction of sp³-hybridized carbons (Fsp3) is 0.778. The van der Waals surface area contributed by atoms with Gasteiger partial charge in [-0.3, -0.25) is 27.9 Å². The van der Waals surface area contributed by atoms with E-state index in [9.17, 15) is 19.3 Å². The van der Waals surface area contributed by atoms with E-state index in [0.717, 1.165) is 6.04 Å². The van der Waals surface area contributed by atoms with Crippen LogP contribution in [0.5, 0.6) is 0 Å². The van der Waals surface area contributed by atoms with Gasteiger partial charge in [0.25, 0.3) is 5.56 Å². The zero-order valence-electron chi connectivity index (χ0n) is 18.2. The Morgan fingerprint density at radius 1 is 1.32 bits per heavy atom. The summed E-state index contributed by atoms with van der Waals surface area (Å²) in [7, 11) is -3.97. The molecule has 4 bridgehead atoms. The van der Waals surface area contributed by atoms with Crippen LogP contribution in [0.15, 0.2) is 15.8 Å². The minimum absolute atomic E-state index is 0.0288. The molecule has 1 aromatic heterocycles. The van der Waals surface area contributed by atoms with Crippen LogP contribution < -0.4 is 11.2 Å². The molecule has 176 valence electrons. The van der Waals surface area contributed by atoms with E-state index in [1.165, 1.54) is 17.9 Å². The molecule has 1 unspecified atom stereocenters. The smallest absolute Gasteiger partial charge is 0.387 e. The number of aromatic nitrogens is 2. The lowest BCUT2D eigenvalue weighted by Crippen LogP contribution is -2.40. The molecule has 0 radical (unpaired) electrons. The number of aromatic amines is 1. The molecule has 2 aliphatic rings. The van der Waals surface area contributed by atoms with Crippen molar-refractivity contribution < 1.29 is 32.7 Å². The molecule has 31 heavy (non-hydrogen) atoms. The molecular formula is C18H31N2O9PSi. The van der Waals surface area contributed by atoms with Gasteiger partial charge in [0.2, 0.25) is 0 Å². The van der Waals surface area contributed by atoms with Gasteiger partial charge in [-0.15, -0.1) is 0 Å². The van der Waals surface area contributed by atoms with Crippen LogP contribution in [0, 0.1) is 0 Å². The van der Waals surface area contributed by atoms with Crippen LogP contribution in [0.4, 0.5) is 0 Å². The summed E-state index contributed by atoms with van der Waals surface area (Å²) in [5.41, 5.74) is -0.874. The number of hydrogen-bond acceptors (Lipinski definition) is 9. The fourth-order valence-corrected chi connectivity index (χ4v) is 5.52. The molecule has 2 N–H and O–H groups in total. The molecule has 1 saturated heterocycles. The monoisotopic (exact) mass is 478 g/mol. The molecule has 0 spiro atoms. The number of methoxy groups -OCH3 is 1. The lowest BCUT2D eigenvalue weighted by molar-refractivity contribution is -0.0631. The number of rotatable bonds is 5. The molecule has 3 rings (SSSR count). The number of hydrogen-bond donors (Lipinski definition) is 2. The first-order chi connectivity index (χ1) is 14.5. The van der Waals surface area contributed by atoms with Crippen molar-refractivity contribution in [2.24, 2.45) is 0 Å². The highest BCUT2D eigenvalue weighted by molar-refractivity contribution is 7.48. The third-order valence-electron chi connectivity index (χ3n) is 5.24. The Bertz CT molecular complexity index is 928. The molecule has 0 aliphatic carbocycles. The van der Waals surface area contributed by atoms with Crippen LogP contribution in [0.2, 0.25) is 25.7 Å². The second-order valence-electron chi connectivity index (χ2n) is 8.90. The number of aliphatic hydroxyl groups excluding tert-OH is 1. The molecule has 1 fully saturated rings. The number of ether oxygens (including phenoxy) is 2. The maximum Gasteiger partial charge on any atom is 0.474 e. The first kappa shape index (κ1) is 24.5. The van der Waals surface area contributed by atoms with Crippen molar-refractivity contribution >= 4 is 15.9 Å². The zero-order chi connectivity index (χ0) is 22.8. The summed E-state index contributed by atoms with van der Waals surface area (Å²) < 4.78 is 42.0. The van der Waals surface area contributed by atoms with Gasteiger partial charge < -0.3 is 14.6 Å². The summed E-state index contributed by atoms with van der Waals surface area (Å²) in [6.45, 7) is 6.47. The minimum atomic E-state index is -3.92. The Balaban J connectivity index is 1.87. The maximum absolute atomic E-state index is 13.1. The average molecular weight is 479 g/mol. The topological polar surface area (TPSA) is 138 Å². The van der Waals surface area contributed by atoms with Gasteiger partial charge in [0, 0.05) is 26.9 Å². The molecular weight excluding hydrogens is 447 g/mol. The van der Waals surface area contributed by atoms with Gasteiger partial charge in [-0.05, 0) is 18.9 Å². The number of fused-ring (bicyclic) bond motifs is 5. The summed E-state index contributed by atoms with van der Waals surface area (Å²) in [6, 6.07) is 0.768. The SMILES string of the molecule is CO[C@@H]1[C@H](O)[C@H]2COP(=O)(OCC[Si](C)(C)C)OCCCc3cn(c(=O)[nH]c3=O)[C@@H]1O2. The van der Waals surface area contributed by atoms with Gasteiger partial charge in [-0.2, -0.15) is 0 Å². The molecule has 11 nitrogen and oxygen atoms in total. The van der Waals surface area contributed by atoms with Gasteiger partial charge in [0.05, 0.1) is 19.8 Å². The van der Waals surface area contributed by atoms with Crippen molar-refractivity contribution in [3.05, 3.63) is 32.6 Å². The average Bonchev–Trinajstić information content (AvgIpc) is 2.99. The summed E-state index contributed by atoms with van der Waals surface area (Å²) >= 11 is 0. The molecule has 2 aliphatic heterocycles. The molecule has 5 atom stereocenters. The lowest BCUT2D eigenvalue weighted by Gasteiger charge is -2.23. The quantitative estimate of drug-likeness (QED) is 0.473. The molecule has 1 aromatic rings. The number of phosphoric ester groups is 1. The zero-order valence-corrected chi connectivity index (χ0v) is 20.1. The first-order valence-corrected chi connectivity index (χ1v) is 15.4. The summed E-state index contributed by atoms with van der Waals surface area (Å²) in [4.78, 5) is 26.8. The Kier molecular flexibility index (Phi) is 7.75. The predicted octanol–water partition coefficient (Wildman–Crippen LogP) is 1.25. The van der Waals surface area contributed by atoms with Crippen LogP contribution in [-0.4, -0.2) is 68.0 Å². The Hall–Kier alpha value is -1.11. The molecule has 0 saturated carbocycles. The van der Waals surface area contributed by atoms with Gasteiger partial charge in [-0.25, -0.2) is 9.36 Å². The third-order valence-corrected chi connectivity index (χ3v) is 8.41. The molecule has 0 aromatic carbocycles. The summed E-state index contributed by atoms with van der Waals surface area (Å²) in [5, 5.41) is 10.6. The van der Waals surface area contributed by atoms with Gasteiger partial charge in [0.15, 0.2) is 6.23 Å². The van der Waals surface area contributed by atoms with Crippen molar-refractivity contribution in [3.63, 3.8) is 0 Å². The Morgan fingerprint density at radius 3 is 2.74 bits per heavy atom. The van der Waals surface area contributed by atoms with E-state index in [0.29, 0.717) is 12.0 Å². The van der Waals surface area contributed by atoms with E-state index < -0.39 is 51.7 Å². The maximum atomic E-state index is 13.1. The van der Waals surface area contributed by atoms with Crippen molar-refractivity contribution in [3.8, 4) is 0 Å². The van der Waals surface area contributed by atoms with Crippen molar-refractivity contribution in [1.82, 2.24) is 9.55 Å². The molecule has 0 amide bonds. The van der Waals surface area contributed by atoms with E-state index in [-0.39, 0.29) is 26.2 Å². The molecule has 3 heterocycles. The minimum Gasteiger partial charge on any atom is -0.387 e. The van der Waals surface area contributed by atoms with Gasteiger partial charge >= 0.3 is 13.5 Å². The first-order valence-electron chi connectivity index (χ1n) is 10.3. The van der Waals surface area contributed by atoms with E-state index >= 15 is 0 Å². The molecule has 13 heteroatoms. The van der Waals surface area contributed by atoms with Crippen molar-refractivity contribution in [1.29, 1.82) is 0 Å². The van der Waals surface area contributed by atoms with Crippen LogP contribution >= 0.6 is 7.82 Å². The number of H-pyrrole nitrogens is 1. The fourth-order valence-electron chi connectivity index (χ4n) is 3.41. The Morgan fingerprint density at radius 2 is 2.06 bits per heavy atom. The highest BCUT2D eigenvalue weighted by atomic mass is 31.2. The largest absolute Gasteiger partial charge is 0.474 e. The van der Waals surface area contributed by atoms with E-state index in [2.05, 4.69) is 24.6 Å². The van der Waals surface area contributed by atoms with Crippen LogP contribution in [0.1, 0.15) is 18.2 Å². The lowest BCUT2D eigenvalue weighted by atomic mass is 10.1. The van der Waals surface area contributed by atoms with Gasteiger partial charge in [-0.1, -0.05) is 19.6 Å². The number of phosphoric acid groups is 1. The number of nitrogens with zero attached hydrogens (tertiary/aromatic N) is 1. The Labute approximate surface area is 181 Å². The second kappa shape index (κ2) is 9.80. The van der Waals surface area contributed by atoms with Crippen molar-refractivity contribution in [2.45, 2.75) is 63.1 Å². The van der Waals surface area contributed by atoms with E-state index in [1.807, 2.05) is 0 Å². The summed E-state index contributed by atoms with van der Waals surface area (Å²) in [5.74, 6) is 0. The second-order valence-corrected chi connectivity index (χ2v) is 16.2. The van der Waals surface area contributed by atoms with Crippen LogP contribution in [0.25, 0.3) is 0 Å². The highest BCUT2D eigenvalue weighted by Gasteiger charge is 2.47. The summed E-state index contributed by atoms with van der Waals surface area (Å²) in [6.07, 6.45) is -1.99. The van der Waals surface area contributed by atoms with Crippen LogP contribution in [-0.2, 0) is 34.0 Å². The number of aryl methyl sites for hydroxylation is 1. The van der Waals surface area contributed by atoms with Gasteiger partial charge in [0.1, 0.15) is 18.3 Å². The highest BCUT2D eigenvalue weighted by Crippen LogP contribution is 2.50. The number of nitrogens with one attached hydrogen (secondary N) is 1. The third kappa shape index (κ3) is 6.02. The van der Waals surface area contributed by atoms with Crippen LogP contribution in [0.3, 0.4) is 0 Å². The normalized spacial score (nSPS) is 32.2.